The maximum atomic E-state index is 14.1. The lowest BCUT2D eigenvalue weighted by Gasteiger charge is -2.15. The summed E-state index contributed by atoms with van der Waals surface area (Å²) in [4.78, 5) is 11.2. The summed E-state index contributed by atoms with van der Waals surface area (Å²) in [5.74, 6) is -0.912. The summed E-state index contributed by atoms with van der Waals surface area (Å²) in [7, 11) is 0. The number of fused-ring (bicyclic) bond motifs is 1. The van der Waals surface area contributed by atoms with Gasteiger partial charge >= 0.3 is 0 Å². The van der Waals surface area contributed by atoms with Gasteiger partial charge in [0.15, 0.2) is 0 Å². The highest BCUT2D eigenvalue weighted by atomic mass is 35.5. The molecule has 110 valence electrons. The van der Waals surface area contributed by atoms with Gasteiger partial charge in [-0.05, 0) is 12.1 Å². The summed E-state index contributed by atoms with van der Waals surface area (Å²) < 4.78 is 15.7. The number of carbonyl (C=O) groups excluding carboxylic acids is 1. The minimum atomic E-state index is -0.481. The van der Waals surface area contributed by atoms with Gasteiger partial charge < -0.3 is 11.1 Å². The van der Waals surface area contributed by atoms with Crippen LogP contribution in [0.5, 0.6) is 0 Å². The van der Waals surface area contributed by atoms with Crippen LogP contribution in [0, 0.1) is 5.82 Å². The normalized spacial score (nSPS) is 14.0. The van der Waals surface area contributed by atoms with Crippen LogP contribution in [-0.4, -0.2) is 22.2 Å². The third-order valence-electron chi connectivity index (χ3n) is 3.51. The molecule has 0 radical (unpaired) electrons. The van der Waals surface area contributed by atoms with Crippen LogP contribution >= 0.6 is 11.6 Å². The van der Waals surface area contributed by atoms with Gasteiger partial charge in [-0.15, -0.1) is 0 Å². The number of carbonyl (C=O) groups is 1. The van der Waals surface area contributed by atoms with Crippen molar-refractivity contribution in [1.82, 2.24) is 15.1 Å². The first-order chi connectivity index (χ1) is 10.1. The first-order valence-electron chi connectivity index (χ1n) is 6.60. The zero-order valence-electron chi connectivity index (χ0n) is 11.2. The highest BCUT2D eigenvalue weighted by Crippen LogP contribution is 2.34. The van der Waals surface area contributed by atoms with Gasteiger partial charge in [0.25, 0.3) is 0 Å². The number of nitrogens with one attached hydrogen (secondary N) is 1. The van der Waals surface area contributed by atoms with E-state index in [4.69, 9.17) is 17.3 Å². The van der Waals surface area contributed by atoms with Crippen LogP contribution in [0.1, 0.15) is 11.3 Å². The number of benzene rings is 1. The summed E-state index contributed by atoms with van der Waals surface area (Å²) in [6, 6.07) is 4.51. The van der Waals surface area contributed by atoms with Crippen molar-refractivity contribution in [2.24, 2.45) is 5.73 Å². The Bertz CT molecular complexity index is 693. The van der Waals surface area contributed by atoms with Gasteiger partial charge in [-0.3, -0.25) is 9.48 Å². The van der Waals surface area contributed by atoms with Crippen molar-refractivity contribution in [2.75, 3.05) is 6.54 Å². The molecule has 0 bridgehead atoms. The molecular weight excluding hydrogens is 295 g/mol. The third kappa shape index (κ3) is 2.52. The van der Waals surface area contributed by atoms with Crippen molar-refractivity contribution in [2.45, 2.75) is 19.5 Å². The van der Waals surface area contributed by atoms with E-state index in [2.05, 4.69) is 10.4 Å². The van der Waals surface area contributed by atoms with E-state index >= 15 is 0 Å². The molecule has 0 aliphatic carbocycles. The molecule has 1 aromatic carbocycles. The van der Waals surface area contributed by atoms with Gasteiger partial charge in [0, 0.05) is 30.8 Å². The van der Waals surface area contributed by atoms with E-state index in [-0.39, 0.29) is 12.1 Å². The minimum Gasteiger partial charge on any atom is -0.368 e. The van der Waals surface area contributed by atoms with E-state index in [0.29, 0.717) is 23.7 Å². The topological polar surface area (TPSA) is 72.9 Å². The van der Waals surface area contributed by atoms with Crippen molar-refractivity contribution in [3.05, 3.63) is 40.3 Å². The largest absolute Gasteiger partial charge is 0.368 e. The van der Waals surface area contributed by atoms with E-state index < -0.39 is 11.7 Å². The van der Waals surface area contributed by atoms with Crippen LogP contribution in [0.3, 0.4) is 0 Å². The molecule has 2 heterocycles. The predicted octanol–water partition coefficient (Wildman–Crippen LogP) is 1.47. The van der Waals surface area contributed by atoms with Crippen molar-refractivity contribution in [3.8, 4) is 11.3 Å². The van der Waals surface area contributed by atoms with Gasteiger partial charge in [0.05, 0.1) is 10.6 Å². The third-order valence-corrected chi connectivity index (χ3v) is 3.83. The lowest BCUT2D eigenvalue weighted by Crippen LogP contribution is -2.27. The number of amides is 1. The summed E-state index contributed by atoms with van der Waals surface area (Å²) in [6.45, 7) is 1.32. The maximum absolute atomic E-state index is 14.1. The fourth-order valence-electron chi connectivity index (χ4n) is 2.62. The van der Waals surface area contributed by atoms with Crippen molar-refractivity contribution >= 4 is 17.5 Å². The summed E-state index contributed by atoms with van der Waals surface area (Å²) in [6.07, 6.45) is 0.710. The minimum absolute atomic E-state index is 0.0194. The smallest absolute Gasteiger partial charge is 0.239 e. The van der Waals surface area contributed by atoms with E-state index in [1.165, 1.54) is 6.07 Å². The summed E-state index contributed by atoms with van der Waals surface area (Å²) in [5.41, 5.74) is 7.76. The Morgan fingerprint density at radius 3 is 3.05 bits per heavy atom. The number of primary amides is 1. The summed E-state index contributed by atoms with van der Waals surface area (Å²) in [5, 5.41) is 7.90. The SMILES string of the molecule is NC(=O)Cn1nc(-c2c(F)cccc2Cl)c2c1CCNC2. The zero-order chi connectivity index (χ0) is 15.0. The molecule has 3 rings (SSSR count). The molecule has 1 amide bonds. The monoisotopic (exact) mass is 308 g/mol. The maximum Gasteiger partial charge on any atom is 0.239 e. The molecular formula is C14H14ClFN4O. The Hall–Kier alpha value is -1.92. The van der Waals surface area contributed by atoms with Crippen molar-refractivity contribution in [1.29, 1.82) is 0 Å². The molecule has 1 aliphatic rings. The van der Waals surface area contributed by atoms with E-state index in [9.17, 15) is 9.18 Å². The predicted molar refractivity (Wildman–Crippen MR) is 77.2 cm³/mol. The second-order valence-corrected chi connectivity index (χ2v) is 5.33. The van der Waals surface area contributed by atoms with E-state index in [0.717, 1.165) is 17.8 Å². The van der Waals surface area contributed by atoms with E-state index in [1.807, 2.05) is 0 Å². The van der Waals surface area contributed by atoms with Crippen LogP contribution in [0.25, 0.3) is 11.3 Å². The number of aromatic nitrogens is 2. The van der Waals surface area contributed by atoms with Gasteiger partial charge in [-0.1, -0.05) is 17.7 Å². The van der Waals surface area contributed by atoms with Crippen LogP contribution < -0.4 is 11.1 Å². The molecule has 1 aromatic heterocycles. The van der Waals surface area contributed by atoms with Crippen LogP contribution in [0.4, 0.5) is 4.39 Å². The lowest BCUT2D eigenvalue weighted by molar-refractivity contribution is -0.118. The van der Waals surface area contributed by atoms with Crippen LogP contribution in [0.15, 0.2) is 18.2 Å². The lowest BCUT2D eigenvalue weighted by atomic mass is 10.0. The number of halogens is 2. The molecule has 0 unspecified atom stereocenters. The molecule has 3 N–H and O–H groups in total. The molecule has 1 aliphatic heterocycles. The Balaban J connectivity index is 2.19. The fraction of sp³-hybridized carbons (Fsp3) is 0.286. The Morgan fingerprint density at radius 2 is 2.33 bits per heavy atom. The molecule has 21 heavy (non-hydrogen) atoms. The van der Waals surface area contributed by atoms with Gasteiger partial charge in [0.2, 0.25) is 5.91 Å². The average molecular weight is 309 g/mol. The standard InChI is InChI=1S/C14H14ClFN4O/c15-9-2-1-3-10(16)13(9)14-8-6-18-5-4-11(8)20(19-14)7-12(17)21/h1-3,18H,4-7H2,(H2,17,21). The molecule has 7 heteroatoms. The van der Waals surface area contributed by atoms with E-state index in [1.54, 1.807) is 16.8 Å². The second-order valence-electron chi connectivity index (χ2n) is 4.92. The summed E-state index contributed by atoms with van der Waals surface area (Å²) >= 11 is 6.12. The number of nitrogens with zero attached hydrogens (tertiary/aromatic N) is 2. The Labute approximate surface area is 125 Å². The van der Waals surface area contributed by atoms with Crippen LogP contribution in [-0.2, 0) is 24.3 Å². The molecule has 0 saturated carbocycles. The molecule has 0 saturated heterocycles. The molecule has 0 spiro atoms. The van der Waals surface area contributed by atoms with Gasteiger partial charge in [-0.2, -0.15) is 5.10 Å². The van der Waals surface area contributed by atoms with Crippen LogP contribution in [0.2, 0.25) is 5.02 Å². The first-order valence-corrected chi connectivity index (χ1v) is 6.97. The average Bonchev–Trinajstić information content (AvgIpc) is 2.77. The molecule has 0 fully saturated rings. The Kier molecular flexibility index (Phi) is 3.65. The number of nitrogens with two attached hydrogens (primary N) is 1. The van der Waals surface area contributed by atoms with Gasteiger partial charge in [-0.25, -0.2) is 4.39 Å². The highest BCUT2D eigenvalue weighted by molar-refractivity contribution is 6.33. The fourth-order valence-corrected chi connectivity index (χ4v) is 2.88. The second kappa shape index (κ2) is 5.46. The highest BCUT2D eigenvalue weighted by Gasteiger charge is 2.25. The molecule has 2 aromatic rings. The van der Waals surface area contributed by atoms with Crippen molar-refractivity contribution in [3.63, 3.8) is 0 Å². The molecule has 5 nitrogen and oxygen atoms in total. The number of hydrogen-bond acceptors (Lipinski definition) is 3. The zero-order valence-corrected chi connectivity index (χ0v) is 12.0. The number of hydrogen-bond donors (Lipinski definition) is 2. The molecule has 0 atom stereocenters. The van der Waals surface area contributed by atoms with Gasteiger partial charge in [0.1, 0.15) is 18.1 Å². The van der Waals surface area contributed by atoms with Crippen molar-refractivity contribution < 1.29 is 9.18 Å². The number of rotatable bonds is 3. The first kappa shape index (κ1) is 14.0. The Morgan fingerprint density at radius 1 is 1.52 bits per heavy atom. The quantitative estimate of drug-likeness (QED) is 0.902.